The fourth-order valence-electron chi connectivity index (χ4n) is 11.6. The van der Waals surface area contributed by atoms with Gasteiger partial charge in [-0.05, 0) is 78.8 Å². The molecular formula is C37H53N3O5. The first-order valence-electron chi connectivity index (χ1n) is 17.1. The number of ketones is 2. The Balaban J connectivity index is 1.39. The number of urea groups is 1. The summed E-state index contributed by atoms with van der Waals surface area (Å²) in [5.74, 6) is -0.632. The molecule has 1 aliphatic heterocycles. The number of hydrogen-bond donors (Lipinski definition) is 1. The molecule has 1 heterocycles. The van der Waals surface area contributed by atoms with Crippen molar-refractivity contribution in [2.45, 2.75) is 99.0 Å². The van der Waals surface area contributed by atoms with E-state index in [9.17, 15) is 24.8 Å². The van der Waals surface area contributed by atoms with Gasteiger partial charge < -0.3 is 19.6 Å². The number of morpholine rings is 1. The van der Waals surface area contributed by atoms with E-state index in [-0.39, 0.29) is 45.8 Å². The van der Waals surface area contributed by atoms with Gasteiger partial charge in [0.1, 0.15) is 11.7 Å². The van der Waals surface area contributed by atoms with Crippen LogP contribution in [0.1, 0.15) is 93.4 Å². The Morgan fingerprint density at radius 1 is 1.02 bits per heavy atom. The molecule has 6 aliphatic rings. The highest BCUT2D eigenvalue weighted by Gasteiger charge is 2.75. The molecule has 0 spiro atoms. The number of Topliss-reactive ketones (excluding diaryl/α,β-unsaturated/α-hetero) is 1. The molecule has 5 aliphatic carbocycles. The Morgan fingerprint density at radius 3 is 2.31 bits per heavy atom. The summed E-state index contributed by atoms with van der Waals surface area (Å²) in [5, 5.41) is 23.1. The van der Waals surface area contributed by atoms with Crippen molar-refractivity contribution in [1.29, 1.82) is 5.26 Å². The van der Waals surface area contributed by atoms with Crippen LogP contribution in [-0.2, 0) is 14.3 Å². The Morgan fingerprint density at radius 2 is 1.67 bits per heavy atom. The largest absolute Gasteiger partial charge is 0.381 e. The fraction of sp³-hybridized carbons (Fsp3) is 0.784. The van der Waals surface area contributed by atoms with Crippen molar-refractivity contribution in [3.05, 3.63) is 23.3 Å². The molecule has 246 valence electrons. The van der Waals surface area contributed by atoms with Gasteiger partial charge >= 0.3 is 6.03 Å². The lowest BCUT2D eigenvalue weighted by atomic mass is 9.33. The van der Waals surface area contributed by atoms with Crippen LogP contribution in [0.15, 0.2) is 23.3 Å². The minimum atomic E-state index is -1.56. The summed E-state index contributed by atoms with van der Waals surface area (Å²) >= 11 is 0. The zero-order chi connectivity index (χ0) is 33.0. The summed E-state index contributed by atoms with van der Waals surface area (Å²) in [6, 6.07) is 2.18. The van der Waals surface area contributed by atoms with Crippen LogP contribution < -0.4 is 0 Å². The third kappa shape index (κ3) is 4.18. The van der Waals surface area contributed by atoms with E-state index in [2.05, 4.69) is 40.7 Å². The number of allylic oxidation sites excluding steroid dienone is 3. The van der Waals surface area contributed by atoms with Gasteiger partial charge in [0.05, 0.1) is 18.8 Å². The molecule has 0 bridgehead atoms. The highest BCUT2D eigenvalue weighted by molar-refractivity contribution is 6.05. The first-order chi connectivity index (χ1) is 20.8. The number of fused-ring (bicyclic) bond motifs is 7. The van der Waals surface area contributed by atoms with E-state index in [0.29, 0.717) is 39.3 Å². The Labute approximate surface area is 269 Å². The summed E-state index contributed by atoms with van der Waals surface area (Å²) in [6.07, 6.45) is 9.32. The first-order valence-corrected chi connectivity index (χ1v) is 17.1. The van der Waals surface area contributed by atoms with Gasteiger partial charge in [-0.1, -0.05) is 54.5 Å². The SMILES string of the molecule is CN(C[C@@]1(C)CC[C@]2(C)CC[C@@]3(C)[C@]4(C)CC[C@H]5C(C)(C)C(=O)C(C#N)=C[C@]5(C)C4=CC(=O)[C@]3(O)[C@@H]2C1)C(=O)N1CCOCC1. The van der Waals surface area contributed by atoms with Gasteiger partial charge in [-0.3, -0.25) is 9.59 Å². The third-order valence-electron chi connectivity index (χ3n) is 14.6. The zero-order valence-electron chi connectivity index (χ0n) is 28.7. The van der Waals surface area contributed by atoms with Gasteiger partial charge in [0, 0.05) is 48.8 Å². The maximum absolute atomic E-state index is 14.7. The number of hydrogen-bond acceptors (Lipinski definition) is 6. The predicted octanol–water partition coefficient (Wildman–Crippen LogP) is 5.70. The maximum Gasteiger partial charge on any atom is 0.319 e. The number of ether oxygens (including phenoxy) is 1. The van der Waals surface area contributed by atoms with Gasteiger partial charge in [0.2, 0.25) is 0 Å². The van der Waals surface area contributed by atoms with Gasteiger partial charge in [-0.15, -0.1) is 0 Å². The molecule has 4 fully saturated rings. The van der Waals surface area contributed by atoms with Crippen LogP contribution in [-0.4, -0.2) is 78.0 Å². The van der Waals surface area contributed by atoms with E-state index in [4.69, 9.17) is 4.74 Å². The molecule has 0 aromatic carbocycles. The maximum atomic E-state index is 14.7. The second-order valence-corrected chi connectivity index (χ2v) is 17.4. The smallest absolute Gasteiger partial charge is 0.319 e. The number of rotatable bonds is 2. The lowest BCUT2D eigenvalue weighted by molar-refractivity contribution is -0.243. The highest BCUT2D eigenvalue weighted by Crippen LogP contribution is 2.75. The fourth-order valence-corrected chi connectivity index (χ4v) is 11.6. The molecule has 1 saturated heterocycles. The Hall–Kier alpha value is -2.50. The molecule has 8 atom stereocenters. The lowest BCUT2D eigenvalue weighted by Crippen LogP contribution is -2.74. The summed E-state index contributed by atoms with van der Waals surface area (Å²) in [7, 11) is 1.87. The first kappa shape index (κ1) is 32.4. The van der Waals surface area contributed by atoms with Crippen LogP contribution in [0.3, 0.4) is 0 Å². The topological polar surface area (TPSA) is 111 Å². The molecule has 0 unspecified atom stereocenters. The molecule has 3 saturated carbocycles. The molecule has 2 amide bonds. The van der Waals surface area contributed by atoms with Crippen LogP contribution >= 0.6 is 0 Å². The average molecular weight is 620 g/mol. The average Bonchev–Trinajstić information content (AvgIpc) is 2.99. The standard InChI is InChI=1S/C37H53N3O5/c1-31(2)25-9-10-35(6)26(34(25,5)20-24(22-38)29(31)42)19-28(41)37(44)27-21-32(3,11-12-33(27,4)13-14-36(35,37)7)23-39(8)30(43)40-15-17-45-18-16-40/h19-20,25,27,44H,9-18,21,23H2,1-8H3/t25-,27+,32-,33+,34-,35+,36-,37+/m0/s1. The second kappa shape index (κ2) is 10.0. The summed E-state index contributed by atoms with van der Waals surface area (Å²) < 4.78 is 5.45. The molecule has 8 nitrogen and oxygen atoms in total. The minimum absolute atomic E-state index is 0.0116. The number of carbonyl (C=O) groups excluding carboxylic acids is 3. The van der Waals surface area contributed by atoms with Crippen molar-refractivity contribution in [3.63, 3.8) is 0 Å². The molecule has 0 aromatic heterocycles. The minimum Gasteiger partial charge on any atom is -0.381 e. The third-order valence-corrected chi connectivity index (χ3v) is 14.6. The predicted molar refractivity (Wildman–Crippen MR) is 171 cm³/mol. The van der Waals surface area contributed by atoms with E-state index in [1.165, 1.54) is 0 Å². The van der Waals surface area contributed by atoms with Crippen molar-refractivity contribution in [2.75, 3.05) is 39.9 Å². The molecule has 0 radical (unpaired) electrons. The number of nitriles is 1. The molecule has 6 rings (SSSR count). The number of nitrogens with zero attached hydrogens (tertiary/aromatic N) is 3. The zero-order valence-corrected chi connectivity index (χ0v) is 28.7. The summed E-state index contributed by atoms with van der Waals surface area (Å²) in [5.41, 5.74) is -3.42. The molecular weight excluding hydrogens is 566 g/mol. The van der Waals surface area contributed by atoms with E-state index in [1.807, 2.05) is 36.8 Å². The number of carbonyl (C=O) groups is 3. The van der Waals surface area contributed by atoms with Crippen LogP contribution in [0.4, 0.5) is 4.79 Å². The van der Waals surface area contributed by atoms with Crippen molar-refractivity contribution in [2.24, 2.45) is 44.3 Å². The van der Waals surface area contributed by atoms with Crippen molar-refractivity contribution in [3.8, 4) is 6.07 Å². The summed E-state index contributed by atoms with van der Waals surface area (Å²) in [4.78, 5) is 45.1. The molecule has 8 heteroatoms. The van der Waals surface area contributed by atoms with Crippen LogP contribution in [0.25, 0.3) is 0 Å². The van der Waals surface area contributed by atoms with Crippen molar-refractivity contribution < 1.29 is 24.2 Å². The van der Waals surface area contributed by atoms with E-state index in [1.54, 1.807) is 6.08 Å². The Kier molecular flexibility index (Phi) is 7.21. The highest BCUT2D eigenvalue weighted by atomic mass is 16.5. The molecule has 45 heavy (non-hydrogen) atoms. The number of amides is 2. The molecule has 0 aromatic rings. The number of aliphatic hydroxyl groups is 1. The van der Waals surface area contributed by atoms with E-state index >= 15 is 0 Å². The van der Waals surface area contributed by atoms with Crippen LogP contribution in [0.5, 0.6) is 0 Å². The lowest BCUT2D eigenvalue weighted by Gasteiger charge is -2.71. The quantitative estimate of drug-likeness (QED) is 0.424. The van der Waals surface area contributed by atoms with Crippen molar-refractivity contribution >= 4 is 17.6 Å². The monoisotopic (exact) mass is 619 g/mol. The van der Waals surface area contributed by atoms with Crippen molar-refractivity contribution in [1.82, 2.24) is 9.80 Å². The second-order valence-electron chi connectivity index (χ2n) is 17.4. The van der Waals surface area contributed by atoms with E-state index in [0.717, 1.165) is 44.1 Å². The van der Waals surface area contributed by atoms with Gasteiger partial charge in [-0.2, -0.15) is 5.26 Å². The van der Waals surface area contributed by atoms with Gasteiger partial charge in [0.15, 0.2) is 11.6 Å². The van der Waals surface area contributed by atoms with E-state index < -0.39 is 27.3 Å². The van der Waals surface area contributed by atoms with Gasteiger partial charge in [0.25, 0.3) is 0 Å². The summed E-state index contributed by atoms with van der Waals surface area (Å²) in [6.45, 7) is 17.8. The normalized spacial score (nSPS) is 45.6. The van der Waals surface area contributed by atoms with Crippen LogP contribution in [0, 0.1) is 55.7 Å². The molecule has 1 N–H and O–H groups in total. The Bertz CT molecular complexity index is 1440. The van der Waals surface area contributed by atoms with Gasteiger partial charge in [-0.25, -0.2) is 4.79 Å². The van der Waals surface area contributed by atoms with Crippen LogP contribution in [0.2, 0.25) is 0 Å².